The Morgan fingerprint density at radius 3 is 2.50 bits per heavy atom. The number of halogens is 1. The van der Waals surface area contributed by atoms with Gasteiger partial charge in [-0.15, -0.1) is 0 Å². The van der Waals surface area contributed by atoms with Crippen LogP contribution in [0.1, 0.15) is 28.8 Å². The summed E-state index contributed by atoms with van der Waals surface area (Å²) < 4.78 is 40.2. The van der Waals surface area contributed by atoms with Crippen LogP contribution < -0.4 is 5.32 Å². The number of aryl methyl sites for hydroxylation is 1. The zero-order valence-electron chi connectivity index (χ0n) is 14.2. The van der Waals surface area contributed by atoms with Crippen LogP contribution in [0.2, 0.25) is 0 Å². The lowest BCUT2D eigenvalue weighted by atomic mass is 10.1. The van der Waals surface area contributed by atoms with E-state index in [0.717, 1.165) is 18.9 Å². The highest BCUT2D eigenvalue weighted by molar-refractivity contribution is 7.89. The quantitative estimate of drug-likeness (QED) is 0.801. The van der Waals surface area contributed by atoms with E-state index in [1.54, 1.807) is 6.92 Å². The molecular weight excluding hydrogens is 359 g/mol. The van der Waals surface area contributed by atoms with E-state index in [1.807, 2.05) is 0 Å². The molecule has 0 unspecified atom stereocenters. The summed E-state index contributed by atoms with van der Waals surface area (Å²) in [5.74, 6) is -1.44. The van der Waals surface area contributed by atoms with Crippen molar-refractivity contribution < 1.29 is 22.7 Å². The number of rotatable bonds is 4. The van der Waals surface area contributed by atoms with E-state index >= 15 is 0 Å². The summed E-state index contributed by atoms with van der Waals surface area (Å²) in [7, 11) is -3.68. The number of hydrogen-bond acceptors (Lipinski definition) is 4. The molecule has 0 saturated carbocycles. The molecule has 6 nitrogen and oxygen atoms in total. The number of aromatic hydroxyl groups is 1. The third kappa shape index (κ3) is 3.56. The molecule has 2 aromatic carbocycles. The molecule has 2 aromatic rings. The highest BCUT2D eigenvalue weighted by atomic mass is 32.2. The van der Waals surface area contributed by atoms with Gasteiger partial charge in [0.05, 0.1) is 10.6 Å². The predicted molar refractivity (Wildman–Crippen MR) is 95.2 cm³/mol. The SMILES string of the molecule is Cc1ccc(C(=O)Nc2cc(S(=O)(=O)N3CCCC3)ccc2O)cc1F. The molecule has 2 N–H and O–H groups in total. The molecule has 0 bridgehead atoms. The van der Waals surface area contributed by atoms with Gasteiger partial charge in [0.15, 0.2) is 0 Å². The van der Waals surface area contributed by atoms with E-state index < -0.39 is 21.7 Å². The van der Waals surface area contributed by atoms with Gasteiger partial charge in [-0.25, -0.2) is 12.8 Å². The van der Waals surface area contributed by atoms with Gasteiger partial charge >= 0.3 is 0 Å². The smallest absolute Gasteiger partial charge is 0.255 e. The highest BCUT2D eigenvalue weighted by Crippen LogP contribution is 2.29. The molecule has 138 valence electrons. The Morgan fingerprint density at radius 2 is 1.85 bits per heavy atom. The largest absolute Gasteiger partial charge is 0.506 e. The number of benzene rings is 2. The van der Waals surface area contributed by atoms with Crippen molar-refractivity contribution in [3.63, 3.8) is 0 Å². The summed E-state index contributed by atoms with van der Waals surface area (Å²) in [6.07, 6.45) is 1.61. The fourth-order valence-electron chi connectivity index (χ4n) is 2.78. The molecule has 0 atom stereocenters. The average Bonchev–Trinajstić information content (AvgIpc) is 3.14. The first-order chi connectivity index (χ1) is 12.3. The third-order valence-electron chi connectivity index (χ3n) is 4.35. The van der Waals surface area contributed by atoms with Crippen LogP contribution in [0.4, 0.5) is 10.1 Å². The van der Waals surface area contributed by atoms with Gasteiger partial charge in [0, 0.05) is 18.7 Å². The molecule has 0 aromatic heterocycles. The molecule has 1 saturated heterocycles. The fourth-order valence-corrected chi connectivity index (χ4v) is 4.33. The molecule has 8 heteroatoms. The number of phenols is 1. The van der Waals surface area contributed by atoms with Crippen LogP contribution in [0.3, 0.4) is 0 Å². The molecule has 0 aliphatic carbocycles. The van der Waals surface area contributed by atoms with Crippen molar-refractivity contribution in [1.29, 1.82) is 0 Å². The number of amides is 1. The van der Waals surface area contributed by atoms with E-state index in [9.17, 15) is 22.7 Å². The van der Waals surface area contributed by atoms with Crippen LogP contribution in [-0.2, 0) is 10.0 Å². The van der Waals surface area contributed by atoms with Crippen molar-refractivity contribution in [2.75, 3.05) is 18.4 Å². The van der Waals surface area contributed by atoms with Crippen LogP contribution in [-0.4, -0.2) is 36.8 Å². The van der Waals surface area contributed by atoms with Crippen LogP contribution in [0.25, 0.3) is 0 Å². The maximum atomic E-state index is 13.6. The van der Waals surface area contributed by atoms with E-state index in [-0.39, 0.29) is 21.9 Å². The van der Waals surface area contributed by atoms with Gasteiger partial charge < -0.3 is 10.4 Å². The number of carbonyl (C=O) groups is 1. The van der Waals surface area contributed by atoms with Gasteiger partial charge in [-0.05, 0) is 55.7 Å². The van der Waals surface area contributed by atoms with Crippen LogP contribution in [0.5, 0.6) is 5.75 Å². The van der Waals surface area contributed by atoms with E-state index in [0.29, 0.717) is 18.7 Å². The molecule has 26 heavy (non-hydrogen) atoms. The predicted octanol–water partition coefficient (Wildman–Crippen LogP) is 2.88. The summed E-state index contributed by atoms with van der Waals surface area (Å²) in [6, 6.07) is 7.74. The number of anilines is 1. The minimum absolute atomic E-state index is 0.0115. The van der Waals surface area contributed by atoms with Crippen molar-refractivity contribution >= 4 is 21.6 Å². The lowest BCUT2D eigenvalue weighted by Gasteiger charge is -2.16. The zero-order chi connectivity index (χ0) is 18.9. The molecule has 0 spiro atoms. The zero-order valence-corrected chi connectivity index (χ0v) is 15.0. The standard InChI is InChI=1S/C18H19FN2O4S/c1-12-4-5-13(10-15(12)19)18(23)20-16-11-14(6-7-17(16)22)26(24,25)21-8-2-3-9-21/h4-7,10-11,22H,2-3,8-9H2,1H3,(H,20,23). The first-order valence-electron chi connectivity index (χ1n) is 8.20. The van der Waals surface area contributed by atoms with Gasteiger partial charge in [0.25, 0.3) is 5.91 Å². The van der Waals surface area contributed by atoms with Crippen molar-refractivity contribution in [2.24, 2.45) is 0 Å². The van der Waals surface area contributed by atoms with Gasteiger partial charge in [-0.2, -0.15) is 4.31 Å². The number of phenolic OH excluding ortho intramolecular Hbond substituents is 1. The molecular formula is C18H19FN2O4S. The Labute approximate surface area is 151 Å². The molecule has 1 aliphatic rings. The number of nitrogens with one attached hydrogen (secondary N) is 1. The second-order valence-corrected chi connectivity index (χ2v) is 8.15. The van der Waals surface area contributed by atoms with Gasteiger partial charge in [0.1, 0.15) is 11.6 Å². The molecule has 1 amide bonds. The van der Waals surface area contributed by atoms with Gasteiger partial charge in [0.2, 0.25) is 10.0 Å². The number of nitrogens with zero attached hydrogens (tertiary/aromatic N) is 1. The summed E-state index contributed by atoms with van der Waals surface area (Å²) in [4.78, 5) is 12.3. The van der Waals surface area contributed by atoms with Crippen molar-refractivity contribution in [2.45, 2.75) is 24.7 Å². The second-order valence-electron chi connectivity index (χ2n) is 6.21. The van der Waals surface area contributed by atoms with Gasteiger partial charge in [-0.3, -0.25) is 4.79 Å². The molecule has 1 aliphatic heterocycles. The number of hydrogen-bond donors (Lipinski definition) is 2. The van der Waals surface area contributed by atoms with Gasteiger partial charge in [-0.1, -0.05) is 6.07 Å². The normalized spacial score (nSPS) is 15.2. The van der Waals surface area contributed by atoms with Crippen LogP contribution in [0.15, 0.2) is 41.3 Å². The Morgan fingerprint density at radius 1 is 1.15 bits per heavy atom. The number of carbonyl (C=O) groups excluding carboxylic acids is 1. The highest BCUT2D eigenvalue weighted by Gasteiger charge is 2.28. The lowest BCUT2D eigenvalue weighted by molar-refractivity contribution is 0.102. The monoisotopic (exact) mass is 378 g/mol. The summed E-state index contributed by atoms with van der Waals surface area (Å²) in [5, 5.41) is 12.4. The topological polar surface area (TPSA) is 86.7 Å². The maximum Gasteiger partial charge on any atom is 0.255 e. The van der Waals surface area contributed by atoms with Crippen molar-refractivity contribution in [3.05, 3.63) is 53.3 Å². The van der Waals surface area contributed by atoms with E-state index in [4.69, 9.17) is 0 Å². The fraction of sp³-hybridized carbons (Fsp3) is 0.278. The minimum Gasteiger partial charge on any atom is -0.506 e. The maximum absolute atomic E-state index is 13.6. The van der Waals surface area contributed by atoms with Crippen LogP contribution >= 0.6 is 0 Å². The third-order valence-corrected chi connectivity index (χ3v) is 6.25. The average molecular weight is 378 g/mol. The first kappa shape index (κ1) is 18.3. The Bertz CT molecular complexity index is 954. The summed E-state index contributed by atoms with van der Waals surface area (Å²) in [6.45, 7) is 2.48. The Hall–Kier alpha value is -2.45. The summed E-state index contributed by atoms with van der Waals surface area (Å²) in [5.41, 5.74) is 0.430. The molecule has 1 fully saturated rings. The van der Waals surface area contributed by atoms with Crippen molar-refractivity contribution in [3.8, 4) is 5.75 Å². The molecule has 3 rings (SSSR count). The summed E-state index contributed by atoms with van der Waals surface area (Å²) >= 11 is 0. The van der Waals surface area contributed by atoms with E-state index in [1.165, 1.54) is 34.6 Å². The van der Waals surface area contributed by atoms with Crippen LogP contribution in [0, 0.1) is 12.7 Å². The molecule has 0 radical (unpaired) electrons. The van der Waals surface area contributed by atoms with E-state index in [2.05, 4.69) is 5.32 Å². The first-order valence-corrected chi connectivity index (χ1v) is 9.64. The molecule has 1 heterocycles. The van der Waals surface area contributed by atoms with Crippen molar-refractivity contribution in [1.82, 2.24) is 4.31 Å². The lowest BCUT2D eigenvalue weighted by Crippen LogP contribution is -2.28. The Kier molecular flexibility index (Phi) is 4.97. The number of sulfonamides is 1. The second kappa shape index (κ2) is 7.05. The Balaban J connectivity index is 1.88. The minimum atomic E-state index is -3.68.